The molecular weight excluding hydrogens is 244 g/mol. The van der Waals surface area contributed by atoms with E-state index in [1.807, 2.05) is 6.92 Å². The van der Waals surface area contributed by atoms with Crippen LogP contribution in [0.2, 0.25) is 0 Å². The zero-order valence-corrected chi connectivity index (χ0v) is 11.2. The maximum Gasteiger partial charge on any atom is 0.333 e. The summed E-state index contributed by atoms with van der Waals surface area (Å²) in [6, 6.07) is 6.72. The number of carbonyl (C=O) groups excluding carboxylic acids is 2. The molecule has 0 aliphatic heterocycles. The lowest BCUT2D eigenvalue weighted by Gasteiger charge is -2.18. The van der Waals surface area contributed by atoms with E-state index in [0.717, 1.165) is 12.5 Å². The van der Waals surface area contributed by atoms with Crippen LogP contribution in [0.4, 0.5) is 0 Å². The summed E-state index contributed by atoms with van der Waals surface area (Å²) in [6.45, 7) is 6.82. The molecule has 0 saturated carbocycles. The van der Waals surface area contributed by atoms with E-state index in [-0.39, 0.29) is 5.78 Å². The first-order valence-electron chi connectivity index (χ1n) is 6.17. The largest absolute Gasteiger partial charge is 0.455 e. The Bertz CT molecular complexity index is 448. The Morgan fingerprint density at radius 1 is 1.32 bits per heavy atom. The van der Waals surface area contributed by atoms with Gasteiger partial charge in [0.25, 0.3) is 0 Å². The summed E-state index contributed by atoms with van der Waals surface area (Å²) in [7, 11) is 0. The van der Waals surface area contributed by atoms with Crippen molar-refractivity contribution in [2.45, 2.75) is 33.0 Å². The molecule has 1 aromatic rings. The minimum Gasteiger partial charge on any atom is -0.455 e. The van der Waals surface area contributed by atoms with E-state index >= 15 is 0 Å². The highest BCUT2D eigenvalue weighted by atomic mass is 16.7. The maximum atomic E-state index is 11.2. The predicted octanol–water partition coefficient (Wildman–Crippen LogP) is 3.12. The van der Waals surface area contributed by atoms with E-state index in [0.29, 0.717) is 17.7 Å². The van der Waals surface area contributed by atoms with Gasteiger partial charge in [-0.25, -0.2) is 4.79 Å². The van der Waals surface area contributed by atoms with Gasteiger partial charge in [-0.15, -0.1) is 0 Å². The van der Waals surface area contributed by atoms with Crippen LogP contribution in [0.25, 0.3) is 0 Å². The van der Waals surface area contributed by atoms with Crippen LogP contribution in [0.15, 0.2) is 36.9 Å². The standard InChI is InChI=1S/C15H18O4/c1-4-6-15(19-14(17)5-2)18-13-9-7-12(8-10-13)11(3)16/h5,7-10,15H,2,4,6H2,1,3H3. The lowest BCUT2D eigenvalue weighted by molar-refractivity contribution is -0.158. The summed E-state index contributed by atoms with van der Waals surface area (Å²) in [6.07, 6.45) is 1.87. The fraction of sp³-hybridized carbons (Fsp3) is 0.333. The fourth-order valence-electron chi connectivity index (χ4n) is 1.48. The van der Waals surface area contributed by atoms with Gasteiger partial charge in [-0.05, 0) is 37.6 Å². The first kappa shape index (κ1) is 15.0. The molecule has 0 spiro atoms. The molecule has 0 aliphatic carbocycles. The number of Topliss-reactive ketones (excluding diaryl/α,β-unsaturated/α-hetero) is 1. The highest BCUT2D eigenvalue weighted by molar-refractivity contribution is 5.94. The molecular formula is C15H18O4. The number of hydrogen-bond acceptors (Lipinski definition) is 4. The van der Waals surface area contributed by atoms with Gasteiger partial charge in [0.1, 0.15) is 5.75 Å². The van der Waals surface area contributed by atoms with Crippen molar-refractivity contribution in [2.75, 3.05) is 0 Å². The van der Waals surface area contributed by atoms with Crippen LogP contribution in [0.3, 0.4) is 0 Å². The van der Waals surface area contributed by atoms with Crippen molar-refractivity contribution in [2.24, 2.45) is 0 Å². The highest BCUT2D eigenvalue weighted by Crippen LogP contribution is 2.16. The van der Waals surface area contributed by atoms with Gasteiger partial charge in [0.2, 0.25) is 6.29 Å². The Labute approximate surface area is 113 Å². The molecule has 1 aromatic carbocycles. The van der Waals surface area contributed by atoms with Crippen molar-refractivity contribution in [3.63, 3.8) is 0 Å². The molecule has 0 saturated heterocycles. The molecule has 0 aliphatic rings. The van der Waals surface area contributed by atoms with Gasteiger partial charge in [0.15, 0.2) is 5.78 Å². The van der Waals surface area contributed by atoms with Gasteiger partial charge >= 0.3 is 5.97 Å². The molecule has 0 aromatic heterocycles. The van der Waals surface area contributed by atoms with Gasteiger partial charge in [0, 0.05) is 18.1 Å². The number of rotatable bonds is 7. The van der Waals surface area contributed by atoms with Crippen LogP contribution in [0.1, 0.15) is 37.0 Å². The Morgan fingerprint density at radius 3 is 2.42 bits per heavy atom. The van der Waals surface area contributed by atoms with Crippen LogP contribution in [0.5, 0.6) is 5.75 Å². The summed E-state index contributed by atoms with van der Waals surface area (Å²) in [5, 5.41) is 0. The van der Waals surface area contributed by atoms with Gasteiger partial charge in [-0.2, -0.15) is 0 Å². The van der Waals surface area contributed by atoms with E-state index in [4.69, 9.17) is 9.47 Å². The van der Waals surface area contributed by atoms with Crippen LogP contribution in [-0.2, 0) is 9.53 Å². The number of benzene rings is 1. The number of ether oxygens (including phenoxy) is 2. The third-order valence-electron chi connectivity index (χ3n) is 2.47. The second-order valence-corrected chi connectivity index (χ2v) is 4.06. The molecule has 4 nitrogen and oxygen atoms in total. The highest BCUT2D eigenvalue weighted by Gasteiger charge is 2.13. The van der Waals surface area contributed by atoms with Crippen molar-refractivity contribution in [1.29, 1.82) is 0 Å². The summed E-state index contributed by atoms with van der Waals surface area (Å²) < 4.78 is 10.6. The molecule has 102 valence electrons. The molecule has 19 heavy (non-hydrogen) atoms. The van der Waals surface area contributed by atoms with Gasteiger partial charge in [-0.3, -0.25) is 4.79 Å². The van der Waals surface area contributed by atoms with Crippen molar-refractivity contribution in [3.05, 3.63) is 42.5 Å². The molecule has 0 bridgehead atoms. The minimum atomic E-state index is -0.640. The van der Waals surface area contributed by atoms with Gasteiger partial charge in [-0.1, -0.05) is 13.5 Å². The fourth-order valence-corrected chi connectivity index (χ4v) is 1.48. The zero-order chi connectivity index (χ0) is 14.3. The van der Waals surface area contributed by atoms with Crippen LogP contribution in [0, 0.1) is 0 Å². The van der Waals surface area contributed by atoms with E-state index in [1.54, 1.807) is 24.3 Å². The lowest BCUT2D eigenvalue weighted by Crippen LogP contribution is -2.23. The van der Waals surface area contributed by atoms with E-state index in [2.05, 4.69) is 6.58 Å². The topological polar surface area (TPSA) is 52.6 Å². The smallest absolute Gasteiger partial charge is 0.333 e. The van der Waals surface area contributed by atoms with E-state index < -0.39 is 12.3 Å². The second kappa shape index (κ2) is 7.36. The second-order valence-electron chi connectivity index (χ2n) is 4.06. The average Bonchev–Trinajstić information content (AvgIpc) is 2.39. The first-order chi connectivity index (χ1) is 9.06. The zero-order valence-electron chi connectivity index (χ0n) is 11.2. The molecule has 4 heteroatoms. The quantitative estimate of drug-likeness (QED) is 0.328. The minimum absolute atomic E-state index is 0.00487. The SMILES string of the molecule is C=CC(=O)OC(CCC)Oc1ccc(C(C)=O)cc1. The van der Waals surface area contributed by atoms with Crippen LogP contribution >= 0.6 is 0 Å². The molecule has 0 heterocycles. The summed E-state index contributed by atoms with van der Waals surface area (Å²) in [4.78, 5) is 22.3. The van der Waals surface area contributed by atoms with E-state index in [1.165, 1.54) is 6.92 Å². The molecule has 1 rings (SSSR count). The molecule has 1 unspecified atom stereocenters. The number of carbonyl (C=O) groups is 2. The molecule has 0 radical (unpaired) electrons. The number of esters is 1. The van der Waals surface area contributed by atoms with Crippen molar-refractivity contribution in [3.8, 4) is 5.75 Å². The van der Waals surface area contributed by atoms with Crippen molar-refractivity contribution < 1.29 is 19.1 Å². The normalized spacial score (nSPS) is 11.5. The monoisotopic (exact) mass is 262 g/mol. The molecule has 0 N–H and O–H groups in total. The third kappa shape index (κ3) is 4.95. The van der Waals surface area contributed by atoms with Crippen molar-refractivity contribution in [1.82, 2.24) is 0 Å². The summed E-state index contributed by atoms with van der Waals surface area (Å²) in [5.74, 6) is 0.0360. The third-order valence-corrected chi connectivity index (χ3v) is 2.47. The molecule has 0 fully saturated rings. The summed E-state index contributed by atoms with van der Waals surface area (Å²) >= 11 is 0. The van der Waals surface area contributed by atoms with E-state index in [9.17, 15) is 9.59 Å². The number of ketones is 1. The van der Waals surface area contributed by atoms with Gasteiger partial charge < -0.3 is 9.47 Å². The average molecular weight is 262 g/mol. The number of hydrogen-bond donors (Lipinski definition) is 0. The Kier molecular flexibility index (Phi) is 5.79. The van der Waals surface area contributed by atoms with Crippen molar-refractivity contribution >= 4 is 11.8 Å². The Balaban J connectivity index is 2.69. The molecule has 1 atom stereocenters. The Morgan fingerprint density at radius 2 is 1.95 bits per heavy atom. The summed E-state index contributed by atoms with van der Waals surface area (Å²) in [5.41, 5.74) is 0.613. The molecule has 0 amide bonds. The van der Waals surface area contributed by atoms with Crippen LogP contribution < -0.4 is 4.74 Å². The maximum absolute atomic E-state index is 11.2. The predicted molar refractivity (Wildman–Crippen MR) is 72.1 cm³/mol. The van der Waals surface area contributed by atoms with Gasteiger partial charge in [0.05, 0.1) is 0 Å². The van der Waals surface area contributed by atoms with Crippen LogP contribution in [-0.4, -0.2) is 18.0 Å². The first-order valence-corrected chi connectivity index (χ1v) is 6.17. The Hall–Kier alpha value is -2.10. The lowest BCUT2D eigenvalue weighted by atomic mass is 10.1.